The Hall–Kier alpha value is -1.56. The Morgan fingerprint density at radius 2 is 1.34 bits per heavy atom. The minimum atomic E-state index is -4.36. The van der Waals surface area contributed by atoms with Crippen LogP contribution in [-0.4, -0.2) is 37.1 Å². The third-order valence-electron chi connectivity index (χ3n) is 10.0. The summed E-state index contributed by atoms with van der Waals surface area (Å²) in [5.74, 6) is 1.15. The highest BCUT2D eigenvalue weighted by molar-refractivity contribution is 5.76. The van der Waals surface area contributed by atoms with Crippen molar-refractivity contribution in [3.63, 3.8) is 0 Å². The number of ether oxygens (including phenoxy) is 1. The lowest BCUT2D eigenvalue weighted by Crippen LogP contribution is -2.52. The van der Waals surface area contributed by atoms with Crippen LogP contribution >= 0.6 is 0 Å². The van der Waals surface area contributed by atoms with Gasteiger partial charge in [0.05, 0.1) is 18.1 Å². The van der Waals surface area contributed by atoms with Gasteiger partial charge in [0.2, 0.25) is 0 Å². The Labute approximate surface area is 227 Å². The van der Waals surface area contributed by atoms with Crippen LogP contribution < -0.4 is 0 Å². The Balaban J connectivity index is 1.71. The molecule has 0 saturated heterocycles. The number of halogens is 3. The molecule has 0 N–H and O–H groups in total. The molecule has 3 unspecified atom stereocenters. The molecule has 3 aliphatic carbocycles. The van der Waals surface area contributed by atoms with Crippen LogP contribution in [-0.2, 0) is 15.7 Å². The van der Waals surface area contributed by atoms with Crippen molar-refractivity contribution in [3.05, 3.63) is 35.4 Å². The topological polar surface area (TPSA) is 29.5 Å². The zero-order valence-corrected chi connectivity index (χ0v) is 23.7. The predicted octanol–water partition coefficient (Wildman–Crippen LogP) is 8.62. The molecular formula is C32H48F3NO2. The van der Waals surface area contributed by atoms with Gasteiger partial charge in [-0.05, 0) is 87.8 Å². The number of carbonyl (C=O) groups is 1. The average molecular weight is 536 g/mol. The van der Waals surface area contributed by atoms with E-state index in [9.17, 15) is 18.0 Å². The van der Waals surface area contributed by atoms with Crippen LogP contribution in [0, 0.1) is 23.2 Å². The van der Waals surface area contributed by atoms with E-state index in [1.54, 1.807) is 12.1 Å². The van der Waals surface area contributed by atoms with Crippen LogP contribution in [0.4, 0.5) is 13.2 Å². The van der Waals surface area contributed by atoms with E-state index in [0.717, 1.165) is 37.9 Å². The molecule has 3 aliphatic rings. The summed E-state index contributed by atoms with van der Waals surface area (Å²) in [6.45, 7) is 6.08. The van der Waals surface area contributed by atoms with Crippen LogP contribution in [0.25, 0.3) is 0 Å². The molecule has 38 heavy (non-hydrogen) atoms. The van der Waals surface area contributed by atoms with Crippen molar-refractivity contribution >= 4 is 5.97 Å². The normalized spacial score (nSPS) is 26.4. The van der Waals surface area contributed by atoms with Gasteiger partial charge >= 0.3 is 12.1 Å². The number of esters is 1. The van der Waals surface area contributed by atoms with Gasteiger partial charge in [0, 0.05) is 25.0 Å². The number of alkyl halides is 3. The second kappa shape index (κ2) is 12.7. The van der Waals surface area contributed by atoms with E-state index in [4.69, 9.17) is 4.74 Å². The first-order valence-electron chi connectivity index (χ1n) is 15.1. The molecule has 0 amide bonds. The number of rotatable bonds is 8. The smallest absolute Gasteiger partial charge is 0.416 e. The number of hydrogen-bond donors (Lipinski definition) is 0. The van der Waals surface area contributed by atoms with Gasteiger partial charge in [0.15, 0.2) is 0 Å². The Morgan fingerprint density at radius 3 is 1.82 bits per heavy atom. The third kappa shape index (κ3) is 6.95. The first-order chi connectivity index (χ1) is 18.1. The van der Waals surface area contributed by atoms with E-state index in [1.165, 1.54) is 83.5 Å². The van der Waals surface area contributed by atoms with Crippen molar-refractivity contribution in [2.24, 2.45) is 23.2 Å². The summed E-state index contributed by atoms with van der Waals surface area (Å²) in [6, 6.07) is 6.06. The van der Waals surface area contributed by atoms with Crippen LogP contribution in [0.15, 0.2) is 24.3 Å². The molecule has 0 aliphatic heterocycles. The fraction of sp³-hybridized carbons (Fsp3) is 0.781. The van der Waals surface area contributed by atoms with Crippen molar-refractivity contribution in [2.45, 2.75) is 115 Å². The molecule has 0 bridgehead atoms. The summed E-state index contributed by atoms with van der Waals surface area (Å²) in [7, 11) is 1.44. The Morgan fingerprint density at radius 1 is 0.816 bits per heavy atom. The molecule has 3 atom stereocenters. The van der Waals surface area contributed by atoms with E-state index >= 15 is 0 Å². The molecule has 1 aromatic carbocycles. The minimum Gasteiger partial charge on any atom is -0.469 e. The summed E-state index contributed by atoms with van der Waals surface area (Å²) < 4.78 is 45.6. The Kier molecular flexibility index (Phi) is 9.87. The van der Waals surface area contributed by atoms with Crippen molar-refractivity contribution in [1.29, 1.82) is 0 Å². The molecule has 3 fully saturated rings. The molecular weight excluding hydrogens is 487 g/mol. The molecule has 214 valence electrons. The highest BCUT2D eigenvalue weighted by Gasteiger charge is 2.48. The van der Waals surface area contributed by atoms with E-state index in [2.05, 4.69) is 4.90 Å². The van der Waals surface area contributed by atoms with Gasteiger partial charge in [-0.3, -0.25) is 9.69 Å². The molecule has 1 aromatic rings. The SMILES string of the molecule is COC(=O)C(C)(C)C1CCCC(N(CC2CCCCC2)CC2CCCCC2)C1c1ccc(C(F)(F)F)cc1. The number of carbonyl (C=O) groups excluding carboxylic acids is 1. The number of nitrogens with zero attached hydrogens (tertiary/aromatic N) is 1. The van der Waals surface area contributed by atoms with Gasteiger partial charge in [-0.15, -0.1) is 0 Å². The van der Waals surface area contributed by atoms with Crippen molar-refractivity contribution in [3.8, 4) is 0 Å². The molecule has 6 heteroatoms. The van der Waals surface area contributed by atoms with E-state index in [-0.39, 0.29) is 23.8 Å². The summed E-state index contributed by atoms with van der Waals surface area (Å²) in [6.07, 6.45) is 11.5. The monoisotopic (exact) mass is 535 g/mol. The number of hydrogen-bond acceptors (Lipinski definition) is 3. The first-order valence-corrected chi connectivity index (χ1v) is 15.1. The van der Waals surface area contributed by atoms with E-state index < -0.39 is 17.2 Å². The maximum atomic E-state index is 13.4. The lowest BCUT2D eigenvalue weighted by Gasteiger charge is -2.50. The van der Waals surface area contributed by atoms with Gasteiger partial charge in [-0.25, -0.2) is 0 Å². The molecule has 0 heterocycles. The van der Waals surface area contributed by atoms with Crippen molar-refractivity contribution < 1.29 is 22.7 Å². The maximum Gasteiger partial charge on any atom is 0.416 e. The third-order valence-corrected chi connectivity index (χ3v) is 10.0. The van der Waals surface area contributed by atoms with Crippen molar-refractivity contribution in [2.75, 3.05) is 20.2 Å². The van der Waals surface area contributed by atoms with Gasteiger partial charge < -0.3 is 4.74 Å². The quantitative estimate of drug-likeness (QED) is 0.312. The van der Waals surface area contributed by atoms with Crippen LogP contribution in [0.1, 0.15) is 114 Å². The maximum absolute atomic E-state index is 13.4. The van der Waals surface area contributed by atoms with Crippen molar-refractivity contribution in [1.82, 2.24) is 4.90 Å². The minimum absolute atomic E-state index is 0.00523. The fourth-order valence-corrected chi connectivity index (χ4v) is 7.90. The largest absolute Gasteiger partial charge is 0.469 e. The zero-order valence-electron chi connectivity index (χ0n) is 23.7. The Bertz CT molecular complexity index is 865. The molecule has 3 nitrogen and oxygen atoms in total. The van der Waals surface area contributed by atoms with E-state index in [0.29, 0.717) is 11.8 Å². The summed E-state index contributed by atoms with van der Waals surface area (Å²) in [5.41, 5.74) is -0.400. The second-order valence-corrected chi connectivity index (χ2v) is 12.9. The standard InChI is InChI=1S/C32H48F3NO2/c1-31(2,30(37)38-3)27-15-10-16-28(29(27)25-17-19-26(20-18-25)32(33,34)35)36(21-23-11-6-4-7-12-23)22-24-13-8-5-9-14-24/h17-20,23-24,27-29H,4-16,21-22H2,1-3H3. The number of benzene rings is 1. The summed E-state index contributed by atoms with van der Waals surface area (Å²) in [4.78, 5) is 15.8. The predicted molar refractivity (Wildman–Crippen MR) is 146 cm³/mol. The molecule has 0 spiro atoms. The van der Waals surface area contributed by atoms with Crippen LogP contribution in [0.3, 0.4) is 0 Å². The second-order valence-electron chi connectivity index (χ2n) is 12.9. The van der Waals surface area contributed by atoms with Gasteiger partial charge in [0.1, 0.15) is 0 Å². The molecule has 3 saturated carbocycles. The highest BCUT2D eigenvalue weighted by Crippen LogP contribution is 2.50. The first kappa shape index (κ1) is 29.4. The van der Waals surface area contributed by atoms with Crippen LogP contribution in [0.2, 0.25) is 0 Å². The molecule has 0 radical (unpaired) electrons. The lowest BCUT2D eigenvalue weighted by atomic mass is 9.61. The van der Waals surface area contributed by atoms with Gasteiger partial charge in [-0.1, -0.05) is 57.1 Å². The summed E-state index contributed by atoms with van der Waals surface area (Å²) in [5, 5.41) is 0. The van der Waals surface area contributed by atoms with Gasteiger partial charge in [0.25, 0.3) is 0 Å². The number of methoxy groups -OCH3 is 1. The zero-order chi connectivity index (χ0) is 27.3. The summed E-state index contributed by atoms with van der Waals surface area (Å²) >= 11 is 0. The molecule has 4 rings (SSSR count). The van der Waals surface area contributed by atoms with E-state index in [1.807, 2.05) is 13.8 Å². The molecule has 0 aromatic heterocycles. The highest BCUT2D eigenvalue weighted by atomic mass is 19.4. The average Bonchev–Trinajstić information content (AvgIpc) is 2.92. The lowest BCUT2D eigenvalue weighted by molar-refractivity contribution is -0.156. The fourth-order valence-electron chi connectivity index (χ4n) is 7.90. The van der Waals surface area contributed by atoms with Crippen LogP contribution in [0.5, 0.6) is 0 Å². The van der Waals surface area contributed by atoms with Gasteiger partial charge in [-0.2, -0.15) is 13.2 Å².